The van der Waals surface area contributed by atoms with E-state index in [2.05, 4.69) is 112 Å². The summed E-state index contributed by atoms with van der Waals surface area (Å²) >= 11 is 0. The Kier molecular flexibility index (Phi) is 13.0. The Morgan fingerprint density at radius 3 is 2.49 bits per heavy atom. The van der Waals surface area contributed by atoms with E-state index in [1.807, 2.05) is 12.2 Å². The van der Waals surface area contributed by atoms with Gasteiger partial charge >= 0.3 is 0 Å². The van der Waals surface area contributed by atoms with Gasteiger partial charge in [-0.3, -0.25) is 0 Å². The molecule has 0 spiro atoms. The van der Waals surface area contributed by atoms with E-state index in [4.69, 9.17) is 0 Å². The van der Waals surface area contributed by atoms with Crippen molar-refractivity contribution >= 4 is 23.5 Å². The number of anilines is 1. The number of hydrogen-bond acceptors (Lipinski definition) is 4. The predicted molar refractivity (Wildman–Crippen MR) is 191 cm³/mol. The molecule has 3 N–H and O–H groups in total. The average molecular weight is 579 g/mol. The lowest BCUT2D eigenvalue weighted by Crippen LogP contribution is -2.40. The van der Waals surface area contributed by atoms with E-state index >= 15 is 0 Å². The number of allylic oxidation sites excluding steroid dienone is 2. The summed E-state index contributed by atoms with van der Waals surface area (Å²) in [6, 6.07) is 11.0. The summed E-state index contributed by atoms with van der Waals surface area (Å²) in [6.07, 6.45) is 13.6. The van der Waals surface area contributed by atoms with E-state index in [0.29, 0.717) is 0 Å². The number of nitrogens with zero attached hydrogens (tertiary/aromatic N) is 1. The van der Waals surface area contributed by atoms with Crippen LogP contribution in [0.4, 0.5) is 5.69 Å². The van der Waals surface area contributed by atoms with Crippen LogP contribution in [0, 0.1) is 13.8 Å². The smallest absolute Gasteiger partial charge is 0.0686 e. The molecule has 1 fully saturated rings. The highest BCUT2D eigenvalue weighted by Crippen LogP contribution is 2.33. The number of benzene rings is 2. The van der Waals surface area contributed by atoms with E-state index in [9.17, 15) is 0 Å². The normalized spacial score (nSPS) is 14.5. The van der Waals surface area contributed by atoms with Gasteiger partial charge in [0.05, 0.1) is 6.04 Å². The fourth-order valence-electron chi connectivity index (χ4n) is 5.86. The zero-order valence-electron chi connectivity index (χ0n) is 27.1. The maximum atomic E-state index is 4.49. The van der Waals surface area contributed by atoms with Crippen LogP contribution < -0.4 is 16.0 Å². The second-order valence-electron chi connectivity index (χ2n) is 11.9. The summed E-state index contributed by atoms with van der Waals surface area (Å²) in [6.45, 7) is 31.4. The molecule has 0 radical (unpaired) electrons. The molecule has 1 saturated heterocycles. The molecule has 4 heteroatoms. The fraction of sp³-hybridized carbons (Fsp3) is 0.385. The minimum Gasteiger partial charge on any atom is -0.389 e. The standard InChI is InChI=1S/C39H54N4/c1-10-34-26-28(3)31(6)36(27-34)19-14-16-24-40-29(4)18-13-12-15-25-41-37-21-17-20-35(11-2)39(37)33(8)43(9)38-23-22-30(5)42-32(38)7/h10-11,17,20-21,26-27,38,40-42H,1-2,4-5,7-8,12-16,18-19,22-25H2,3,6,9H3. The summed E-state index contributed by atoms with van der Waals surface area (Å²) in [5.74, 6) is 0. The van der Waals surface area contributed by atoms with Crippen LogP contribution in [-0.2, 0) is 6.42 Å². The molecule has 1 heterocycles. The number of hydrogen-bond donors (Lipinski definition) is 3. The van der Waals surface area contributed by atoms with Crippen LogP contribution in [0.15, 0.2) is 86.9 Å². The Balaban J connectivity index is 1.38. The number of rotatable bonds is 18. The number of unbranched alkanes of at least 4 members (excludes halogenated alkanes) is 3. The number of nitrogens with one attached hydrogen (secondary N) is 3. The number of aryl methyl sites for hydroxylation is 2. The first-order valence-corrected chi connectivity index (χ1v) is 15.9. The van der Waals surface area contributed by atoms with Crippen molar-refractivity contribution in [3.63, 3.8) is 0 Å². The third kappa shape index (κ3) is 9.54. The Bertz CT molecular complexity index is 1330. The Morgan fingerprint density at radius 2 is 1.77 bits per heavy atom. The topological polar surface area (TPSA) is 39.3 Å². The van der Waals surface area contributed by atoms with Gasteiger partial charge in [0.15, 0.2) is 0 Å². The molecule has 3 rings (SSSR count). The molecule has 0 aliphatic carbocycles. The molecule has 230 valence electrons. The Hall–Kier alpha value is -3.92. The number of piperidine rings is 1. The van der Waals surface area contributed by atoms with Crippen molar-refractivity contribution in [2.24, 2.45) is 0 Å². The maximum Gasteiger partial charge on any atom is 0.0686 e. The van der Waals surface area contributed by atoms with Crippen molar-refractivity contribution in [3.05, 3.63) is 120 Å². The van der Waals surface area contributed by atoms with Gasteiger partial charge in [-0.2, -0.15) is 0 Å². The van der Waals surface area contributed by atoms with E-state index in [1.54, 1.807) is 0 Å². The SMILES string of the molecule is C=Cc1cc(C)c(C)c(CCCCNC(=C)CCCCCNc2cccc(C=C)c2C(=C)N(C)C2CCC(=C)NC2=C)c1. The molecule has 2 aromatic carbocycles. The monoisotopic (exact) mass is 578 g/mol. The van der Waals surface area contributed by atoms with E-state index in [-0.39, 0.29) is 6.04 Å². The van der Waals surface area contributed by atoms with Gasteiger partial charge in [-0.1, -0.05) is 82.3 Å². The summed E-state index contributed by atoms with van der Waals surface area (Å²) in [5, 5.41) is 10.6. The van der Waals surface area contributed by atoms with Gasteiger partial charge in [-0.05, 0) is 99.1 Å². The second-order valence-corrected chi connectivity index (χ2v) is 11.9. The molecular weight excluding hydrogens is 524 g/mol. The minimum atomic E-state index is 0.174. The Labute approximate surface area is 262 Å². The van der Waals surface area contributed by atoms with Crippen LogP contribution in [0.2, 0.25) is 0 Å². The second kappa shape index (κ2) is 16.6. The minimum absolute atomic E-state index is 0.174. The molecule has 0 aromatic heterocycles. The first-order chi connectivity index (χ1) is 20.7. The van der Waals surface area contributed by atoms with E-state index in [0.717, 1.165) is 104 Å². The molecule has 0 bridgehead atoms. The lowest BCUT2D eigenvalue weighted by atomic mass is 9.96. The van der Waals surface area contributed by atoms with Crippen LogP contribution in [0.3, 0.4) is 0 Å². The molecule has 2 aromatic rings. The van der Waals surface area contributed by atoms with Crippen LogP contribution in [0.5, 0.6) is 0 Å². The maximum absolute atomic E-state index is 4.49. The molecule has 1 aliphatic heterocycles. The molecule has 0 saturated carbocycles. The first kappa shape index (κ1) is 33.6. The zero-order valence-corrected chi connectivity index (χ0v) is 27.1. The van der Waals surface area contributed by atoms with Crippen molar-refractivity contribution in [3.8, 4) is 0 Å². The predicted octanol–water partition coefficient (Wildman–Crippen LogP) is 9.37. The van der Waals surface area contributed by atoms with Crippen LogP contribution >= 0.6 is 0 Å². The highest BCUT2D eigenvalue weighted by Gasteiger charge is 2.25. The summed E-state index contributed by atoms with van der Waals surface area (Å²) in [4.78, 5) is 2.23. The van der Waals surface area contributed by atoms with Crippen molar-refractivity contribution in [1.82, 2.24) is 15.5 Å². The fourth-order valence-corrected chi connectivity index (χ4v) is 5.86. The highest BCUT2D eigenvalue weighted by atomic mass is 15.2. The van der Waals surface area contributed by atoms with Gasteiger partial charge in [0.2, 0.25) is 0 Å². The van der Waals surface area contributed by atoms with E-state index in [1.165, 1.54) is 28.7 Å². The van der Waals surface area contributed by atoms with Crippen molar-refractivity contribution in [1.29, 1.82) is 0 Å². The molecule has 0 amide bonds. The molecule has 4 nitrogen and oxygen atoms in total. The van der Waals surface area contributed by atoms with Crippen LogP contribution in [-0.4, -0.2) is 31.1 Å². The zero-order chi connectivity index (χ0) is 31.4. The van der Waals surface area contributed by atoms with Gasteiger partial charge in [0.25, 0.3) is 0 Å². The number of likely N-dealkylation sites (N-methyl/N-ethyl adjacent to an activating group) is 1. The average Bonchev–Trinajstić information content (AvgIpc) is 2.99. The quantitative estimate of drug-likeness (QED) is 0.154. The van der Waals surface area contributed by atoms with Crippen molar-refractivity contribution < 1.29 is 0 Å². The highest BCUT2D eigenvalue weighted by molar-refractivity contribution is 5.81. The third-order valence-corrected chi connectivity index (χ3v) is 8.71. The third-order valence-electron chi connectivity index (χ3n) is 8.71. The van der Waals surface area contributed by atoms with Crippen molar-refractivity contribution in [2.75, 3.05) is 25.5 Å². The van der Waals surface area contributed by atoms with Crippen LogP contribution in [0.1, 0.15) is 84.7 Å². The lowest BCUT2D eigenvalue weighted by molar-refractivity contribution is 0.341. The van der Waals surface area contributed by atoms with Crippen LogP contribution in [0.25, 0.3) is 17.8 Å². The molecule has 43 heavy (non-hydrogen) atoms. The first-order valence-electron chi connectivity index (χ1n) is 15.9. The molecule has 1 atom stereocenters. The van der Waals surface area contributed by atoms with Crippen molar-refractivity contribution in [2.45, 2.75) is 77.7 Å². The van der Waals surface area contributed by atoms with Gasteiger partial charge in [-0.15, -0.1) is 0 Å². The molecule has 1 aliphatic rings. The van der Waals surface area contributed by atoms with Gasteiger partial charge < -0.3 is 20.9 Å². The Morgan fingerprint density at radius 1 is 1.00 bits per heavy atom. The van der Waals surface area contributed by atoms with Gasteiger partial charge in [0.1, 0.15) is 0 Å². The van der Waals surface area contributed by atoms with Gasteiger partial charge in [0, 0.05) is 54.2 Å². The summed E-state index contributed by atoms with van der Waals surface area (Å²) < 4.78 is 0. The van der Waals surface area contributed by atoms with E-state index < -0.39 is 0 Å². The lowest BCUT2D eigenvalue weighted by Gasteiger charge is -2.37. The summed E-state index contributed by atoms with van der Waals surface area (Å²) in [7, 11) is 2.10. The molecular formula is C39H54N4. The summed E-state index contributed by atoms with van der Waals surface area (Å²) in [5.41, 5.74) is 12.8. The largest absolute Gasteiger partial charge is 0.389 e. The molecule has 1 unspecified atom stereocenters. The van der Waals surface area contributed by atoms with Gasteiger partial charge in [-0.25, -0.2) is 0 Å².